The maximum Gasteiger partial charge on any atom is 0.224 e. The summed E-state index contributed by atoms with van der Waals surface area (Å²) < 4.78 is 18.5. The van der Waals surface area contributed by atoms with Crippen molar-refractivity contribution in [3.63, 3.8) is 0 Å². The van der Waals surface area contributed by atoms with Gasteiger partial charge in [-0.15, -0.1) is 0 Å². The lowest BCUT2D eigenvalue weighted by Gasteiger charge is -2.22. The van der Waals surface area contributed by atoms with E-state index in [9.17, 15) is 9.18 Å². The number of halogens is 1. The summed E-state index contributed by atoms with van der Waals surface area (Å²) in [7, 11) is 1.64. The third kappa shape index (κ3) is 4.79. The Balaban J connectivity index is 1.59. The molecule has 0 atom stereocenters. The number of hydrogen-bond donors (Lipinski definition) is 0. The number of carbonyl (C=O) groups is 1. The average molecular weight is 342 g/mol. The fraction of sp³-hybridized carbons (Fsp3) is 0.350. The molecule has 3 rings (SSSR count). The Morgan fingerprint density at radius 1 is 1.00 bits per heavy atom. The van der Waals surface area contributed by atoms with Crippen LogP contribution in [0.5, 0.6) is 5.75 Å². The van der Waals surface area contributed by atoms with Gasteiger partial charge in [0.1, 0.15) is 11.6 Å². The molecule has 0 N–H and O–H groups in total. The van der Waals surface area contributed by atoms with Crippen LogP contribution in [0.1, 0.15) is 17.5 Å². The van der Waals surface area contributed by atoms with Crippen molar-refractivity contribution in [3.05, 3.63) is 65.5 Å². The molecule has 0 aliphatic carbocycles. The molecule has 1 saturated heterocycles. The van der Waals surface area contributed by atoms with Gasteiger partial charge in [0.15, 0.2) is 0 Å². The molecule has 0 radical (unpaired) electrons. The van der Waals surface area contributed by atoms with E-state index in [2.05, 4.69) is 4.90 Å². The molecule has 25 heavy (non-hydrogen) atoms. The highest BCUT2D eigenvalue weighted by molar-refractivity contribution is 5.76. The number of carbonyl (C=O) groups excluding carboxylic acids is 1. The zero-order valence-electron chi connectivity index (χ0n) is 14.5. The van der Waals surface area contributed by atoms with E-state index in [4.69, 9.17) is 4.74 Å². The van der Waals surface area contributed by atoms with Gasteiger partial charge in [0.2, 0.25) is 5.91 Å². The quantitative estimate of drug-likeness (QED) is 0.837. The summed E-state index contributed by atoms with van der Waals surface area (Å²) >= 11 is 0. The van der Waals surface area contributed by atoms with Crippen LogP contribution in [0.15, 0.2) is 48.5 Å². The van der Waals surface area contributed by atoms with E-state index in [1.807, 2.05) is 35.2 Å². The summed E-state index contributed by atoms with van der Waals surface area (Å²) in [6, 6.07) is 14.5. The van der Waals surface area contributed by atoms with Gasteiger partial charge in [0.05, 0.1) is 7.11 Å². The standard InChI is InChI=1S/C20H23FN2O2/c1-25-19-7-5-16(6-8-19)15-23-12-11-22(10-9-20(23)24)14-17-3-2-4-18(21)13-17/h2-8,13H,9-12,14-15H2,1H3. The largest absolute Gasteiger partial charge is 0.497 e. The maximum atomic E-state index is 13.3. The van der Waals surface area contributed by atoms with E-state index < -0.39 is 0 Å². The second-order valence-electron chi connectivity index (χ2n) is 6.32. The fourth-order valence-corrected chi connectivity index (χ4v) is 3.08. The SMILES string of the molecule is COc1ccc(CN2CCN(Cc3cccc(F)c3)CCC2=O)cc1. The predicted octanol–water partition coefficient (Wildman–Crippen LogP) is 3.07. The number of methoxy groups -OCH3 is 1. The molecular weight excluding hydrogens is 319 g/mol. The van der Waals surface area contributed by atoms with Crippen LogP contribution in [0, 0.1) is 5.82 Å². The molecule has 0 unspecified atom stereocenters. The molecule has 2 aromatic rings. The van der Waals surface area contributed by atoms with Crippen molar-refractivity contribution >= 4 is 5.91 Å². The lowest BCUT2D eigenvalue weighted by molar-refractivity contribution is -0.130. The van der Waals surface area contributed by atoms with Crippen LogP contribution in [0.25, 0.3) is 0 Å². The van der Waals surface area contributed by atoms with Crippen molar-refractivity contribution in [1.29, 1.82) is 0 Å². The smallest absolute Gasteiger partial charge is 0.224 e. The Hall–Kier alpha value is -2.40. The first-order chi connectivity index (χ1) is 12.1. The van der Waals surface area contributed by atoms with Crippen LogP contribution >= 0.6 is 0 Å². The Bertz CT molecular complexity index is 718. The van der Waals surface area contributed by atoms with Gasteiger partial charge in [-0.1, -0.05) is 24.3 Å². The highest BCUT2D eigenvalue weighted by Gasteiger charge is 2.21. The van der Waals surface area contributed by atoms with E-state index in [0.717, 1.165) is 23.4 Å². The zero-order valence-corrected chi connectivity index (χ0v) is 14.5. The molecular formula is C20H23FN2O2. The number of hydrogen-bond acceptors (Lipinski definition) is 3. The molecule has 1 fully saturated rings. The van der Waals surface area contributed by atoms with Crippen molar-refractivity contribution in [3.8, 4) is 5.75 Å². The fourth-order valence-electron chi connectivity index (χ4n) is 3.08. The molecule has 5 heteroatoms. The van der Waals surface area contributed by atoms with Gasteiger partial charge in [-0.2, -0.15) is 0 Å². The van der Waals surface area contributed by atoms with Crippen molar-refractivity contribution < 1.29 is 13.9 Å². The van der Waals surface area contributed by atoms with E-state index in [-0.39, 0.29) is 11.7 Å². The van der Waals surface area contributed by atoms with Crippen LogP contribution in [0.3, 0.4) is 0 Å². The van der Waals surface area contributed by atoms with E-state index in [1.54, 1.807) is 19.2 Å². The first-order valence-corrected chi connectivity index (χ1v) is 8.51. The average Bonchev–Trinajstić information content (AvgIpc) is 2.78. The molecule has 4 nitrogen and oxygen atoms in total. The van der Waals surface area contributed by atoms with Crippen molar-refractivity contribution in [1.82, 2.24) is 9.80 Å². The number of ether oxygens (including phenoxy) is 1. The van der Waals surface area contributed by atoms with Crippen molar-refractivity contribution in [2.75, 3.05) is 26.7 Å². The van der Waals surface area contributed by atoms with Crippen LogP contribution < -0.4 is 4.74 Å². The molecule has 1 heterocycles. The second kappa shape index (κ2) is 8.12. The minimum Gasteiger partial charge on any atom is -0.497 e. The third-order valence-corrected chi connectivity index (χ3v) is 4.51. The van der Waals surface area contributed by atoms with E-state index >= 15 is 0 Å². The van der Waals surface area contributed by atoms with Crippen LogP contribution in [-0.4, -0.2) is 42.5 Å². The Labute approximate surface area is 147 Å². The molecule has 1 aliphatic rings. The molecule has 0 saturated carbocycles. The Kier molecular flexibility index (Phi) is 5.66. The normalized spacial score (nSPS) is 15.9. The van der Waals surface area contributed by atoms with Crippen LogP contribution in [0.2, 0.25) is 0 Å². The minimum atomic E-state index is -0.218. The van der Waals surface area contributed by atoms with Crippen LogP contribution in [-0.2, 0) is 17.9 Å². The summed E-state index contributed by atoms with van der Waals surface area (Å²) in [6.07, 6.45) is 0.492. The molecule has 0 aromatic heterocycles. The van der Waals surface area contributed by atoms with Crippen LogP contribution in [0.4, 0.5) is 4.39 Å². The van der Waals surface area contributed by atoms with Gasteiger partial charge in [-0.3, -0.25) is 9.69 Å². The second-order valence-corrected chi connectivity index (χ2v) is 6.32. The van der Waals surface area contributed by atoms with Gasteiger partial charge in [0, 0.05) is 39.1 Å². The summed E-state index contributed by atoms with van der Waals surface area (Å²) in [6.45, 7) is 3.45. The zero-order chi connectivity index (χ0) is 17.6. The number of rotatable bonds is 5. The Morgan fingerprint density at radius 3 is 2.52 bits per heavy atom. The first-order valence-electron chi connectivity index (χ1n) is 8.51. The molecule has 1 amide bonds. The minimum absolute atomic E-state index is 0.164. The van der Waals surface area contributed by atoms with Gasteiger partial charge < -0.3 is 9.64 Å². The monoisotopic (exact) mass is 342 g/mol. The first kappa shape index (κ1) is 17.4. The van der Waals surface area contributed by atoms with E-state index in [1.165, 1.54) is 6.07 Å². The van der Waals surface area contributed by atoms with Gasteiger partial charge >= 0.3 is 0 Å². The molecule has 0 spiro atoms. The summed E-state index contributed by atoms with van der Waals surface area (Å²) in [5.41, 5.74) is 2.03. The summed E-state index contributed by atoms with van der Waals surface area (Å²) in [5, 5.41) is 0. The summed E-state index contributed by atoms with van der Waals surface area (Å²) in [4.78, 5) is 16.5. The lowest BCUT2D eigenvalue weighted by atomic mass is 10.2. The van der Waals surface area contributed by atoms with Gasteiger partial charge in [-0.25, -0.2) is 4.39 Å². The molecule has 1 aliphatic heterocycles. The number of nitrogens with zero attached hydrogens (tertiary/aromatic N) is 2. The van der Waals surface area contributed by atoms with Gasteiger partial charge in [0.25, 0.3) is 0 Å². The highest BCUT2D eigenvalue weighted by atomic mass is 19.1. The predicted molar refractivity (Wildman–Crippen MR) is 94.7 cm³/mol. The molecule has 0 bridgehead atoms. The topological polar surface area (TPSA) is 32.8 Å². The van der Waals surface area contributed by atoms with Crippen molar-refractivity contribution in [2.45, 2.75) is 19.5 Å². The lowest BCUT2D eigenvalue weighted by Crippen LogP contribution is -2.32. The maximum absolute atomic E-state index is 13.3. The number of benzene rings is 2. The van der Waals surface area contributed by atoms with Gasteiger partial charge in [-0.05, 0) is 35.4 Å². The molecule has 132 valence electrons. The molecule has 2 aromatic carbocycles. The third-order valence-electron chi connectivity index (χ3n) is 4.51. The summed E-state index contributed by atoms with van der Waals surface area (Å²) in [5.74, 6) is 0.759. The Morgan fingerprint density at radius 2 is 1.80 bits per heavy atom. The van der Waals surface area contributed by atoms with Crippen molar-refractivity contribution in [2.24, 2.45) is 0 Å². The number of amides is 1. The van der Waals surface area contributed by atoms with E-state index in [0.29, 0.717) is 32.6 Å². The highest BCUT2D eigenvalue weighted by Crippen LogP contribution is 2.16.